The lowest BCUT2D eigenvalue weighted by Crippen LogP contribution is -2.23. The normalized spacial score (nSPS) is 29.4. The Morgan fingerprint density at radius 2 is 2.20 bits per heavy atom. The molecule has 0 aromatic carbocycles. The van der Waals surface area contributed by atoms with Gasteiger partial charge in [-0.2, -0.15) is 0 Å². The molecule has 0 aromatic rings. The Labute approximate surface area is 94.8 Å². The van der Waals surface area contributed by atoms with E-state index in [0.717, 1.165) is 19.1 Å². The van der Waals surface area contributed by atoms with Crippen molar-refractivity contribution in [3.8, 4) is 0 Å². The van der Waals surface area contributed by atoms with Gasteiger partial charge in [0.2, 0.25) is 0 Å². The number of unbranched alkanes of at least 4 members (excludes halogenated alkanes) is 1. The van der Waals surface area contributed by atoms with Gasteiger partial charge in [0, 0.05) is 13.7 Å². The van der Waals surface area contributed by atoms with Gasteiger partial charge in [0.25, 0.3) is 0 Å². The van der Waals surface area contributed by atoms with Crippen molar-refractivity contribution in [1.82, 2.24) is 5.32 Å². The van der Waals surface area contributed by atoms with Gasteiger partial charge in [0.1, 0.15) is 0 Å². The highest BCUT2D eigenvalue weighted by Crippen LogP contribution is 2.58. The molecule has 1 saturated carbocycles. The fraction of sp³-hybridized carbons (Fsp3) is 1.00. The van der Waals surface area contributed by atoms with Gasteiger partial charge in [-0.1, -0.05) is 33.1 Å². The summed E-state index contributed by atoms with van der Waals surface area (Å²) < 4.78 is 5.02. The van der Waals surface area contributed by atoms with Crippen LogP contribution in [0, 0.1) is 11.3 Å². The average Bonchev–Trinajstić information content (AvgIpc) is 2.96. The van der Waals surface area contributed by atoms with Crippen LogP contribution in [-0.2, 0) is 4.74 Å². The molecule has 1 aliphatic rings. The summed E-state index contributed by atoms with van der Waals surface area (Å²) in [6, 6.07) is 0. The van der Waals surface area contributed by atoms with E-state index >= 15 is 0 Å². The van der Waals surface area contributed by atoms with Crippen LogP contribution in [0.1, 0.15) is 46.0 Å². The molecule has 0 aliphatic heterocycles. The van der Waals surface area contributed by atoms with Gasteiger partial charge >= 0.3 is 0 Å². The first-order valence-corrected chi connectivity index (χ1v) is 6.48. The number of rotatable bonds is 9. The van der Waals surface area contributed by atoms with E-state index in [0.29, 0.717) is 5.41 Å². The Hall–Kier alpha value is -0.0800. The predicted octanol–water partition coefficient (Wildman–Crippen LogP) is 2.83. The van der Waals surface area contributed by atoms with Crippen molar-refractivity contribution in [2.45, 2.75) is 46.0 Å². The van der Waals surface area contributed by atoms with Crippen molar-refractivity contribution in [3.63, 3.8) is 0 Å². The highest BCUT2D eigenvalue weighted by atomic mass is 16.5. The summed E-state index contributed by atoms with van der Waals surface area (Å²) in [5.41, 5.74) is 0.704. The Morgan fingerprint density at radius 3 is 2.80 bits per heavy atom. The summed E-state index contributed by atoms with van der Waals surface area (Å²) in [5, 5.41) is 3.49. The van der Waals surface area contributed by atoms with Gasteiger partial charge in [0.05, 0.1) is 6.61 Å². The Morgan fingerprint density at radius 1 is 1.40 bits per heavy atom. The van der Waals surface area contributed by atoms with Crippen molar-refractivity contribution < 1.29 is 4.74 Å². The average molecular weight is 213 g/mol. The maximum atomic E-state index is 5.02. The molecule has 0 amide bonds. The molecule has 2 nitrogen and oxygen atoms in total. The van der Waals surface area contributed by atoms with Crippen LogP contribution in [0.4, 0.5) is 0 Å². The van der Waals surface area contributed by atoms with Gasteiger partial charge in [-0.15, -0.1) is 0 Å². The largest absolute Gasteiger partial charge is 0.383 e. The summed E-state index contributed by atoms with van der Waals surface area (Å²) in [4.78, 5) is 0. The molecule has 2 atom stereocenters. The molecule has 0 saturated heterocycles. The molecule has 0 radical (unpaired) electrons. The lowest BCUT2D eigenvalue weighted by molar-refractivity contribution is 0.198. The number of hydrogen-bond acceptors (Lipinski definition) is 2. The molecule has 0 aromatic heterocycles. The van der Waals surface area contributed by atoms with Crippen LogP contribution in [0.3, 0.4) is 0 Å². The van der Waals surface area contributed by atoms with Crippen LogP contribution in [0.25, 0.3) is 0 Å². The van der Waals surface area contributed by atoms with Crippen molar-refractivity contribution in [2.75, 3.05) is 26.8 Å². The topological polar surface area (TPSA) is 21.3 Å². The number of nitrogens with one attached hydrogen (secondary N) is 1. The quantitative estimate of drug-likeness (QED) is 0.595. The highest BCUT2D eigenvalue weighted by molar-refractivity contribution is 5.01. The summed E-state index contributed by atoms with van der Waals surface area (Å²) in [5.74, 6) is 0.936. The smallest absolute Gasteiger partial charge is 0.0587 e. The second-order valence-corrected chi connectivity index (χ2v) is 4.92. The van der Waals surface area contributed by atoms with E-state index in [2.05, 4.69) is 19.2 Å². The molecule has 15 heavy (non-hydrogen) atoms. The van der Waals surface area contributed by atoms with E-state index < -0.39 is 0 Å². The molecule has 1 rings (SSSR count). The second kappa shape index (κ2) is 6.49. The third-order valence-electron chi connectivity index (χ3n) is 3.96. The minimum absolute atomic E-state index is 0.704. The Bertz CT molecular complexity index is 172. The van der Waals surface area contributed by atoms with Crippen molar-refractivity contribution in [3.05, 3.63) is 0 Å². The van der Waals surface area contributed by atoms with E-state index in [-0.39, 0.29) is 0 Å². The molecule has 2 unspecified atom stereocenters. The molecule has 2 heteroatoms. The van der Waals surface area contributed by atoms with E-state index in [1.54, 1.807) is 7.11 Å². The van der Waals surface area contributed by atoms with Gasteiger partial charge in [-0.3, -0.25) is 0 Å². The maximum absolute atomic E-state index is 5.02. The second-order valence-electron chi connectivity index (χ2n) is 4.92. The lowest BCUT2D eigenvalue weighted by Gasteiger charge is -2.14. The number of methoxy groups -OCH3 is 1. The van der Waals surface area contributed by atoms with Gasteiger partial charge < -0.3 is 10.1 Å². The van der Waals surface area contributed by atoms with E-state index in [4.69, 9.17) is 4.74 Å². The summed E-state index contributed by atoms with van der Waals surface area (Å²) in [7, 11) is 1.76. The summed E-state index contributed by atoms with van der Waals surface area (Å²) in [6.45, 7) is 7.67. The predicted molar refractivity (Wildman–Crippen MR) is 65.1 cm³/mol. The van der Waals surface area contributed by atoms with Crippen LogP contribution >= 0.6 is 0 Å². The Balaban J connectivity index is 2.11. The molecular weight excluding hydrogens is 186 g/mol. The third kappa shape index (κ3) is 3.76. The molecule has 90 valence electrons. The maximum Gasteiger partial charge on any atom is 0.0587 e. The minimum atomic E-state index is 0.704. The zero-order valence-corrected chi connectivity index (χ0v) is 10.6. The first-order chi connectivity index (χ1) is 7.29. The van der Waals surface area contributed by atoms with Gasteiger partial charge in [-0.05, 0) is 30.7 Å². The third-order valence-corrected chi connectivity index (χ3v) is 3.96. The zero-order valence-electron chi connectivity index (χ0n) is 10.6. The van der Waals surface area contributed by atoms with Crippen molar-refractivity contribution in [2.24, 2.45) is 11.3 Å². The van der Waals surface area contributed by atoms with Crippen molar-refractivity contribution >= 4 is 0 Å². The summed E-state index contributed by atoms with van der Waals surface area (Å²) >= 11 is 0. The van der Waals surface area contributed by atoms with Crippen LogP contribution in [0.5, 0.6) is 0 Å². The monoisotopic (exact) mass is 213 g/mol. The SMILES string of the molecule is CCCCC1(CC)CC1CNCCOC. The molecule has 0 heterocycles. The highest BCUT2D eigenvalue weighted by Gasteiger charge is 2.50. The summed E-state index contributed by atoms with van der Waals surface area (Å²) in [6.07, 6.45) is 7.00. The number of hydrogen-bond donors (Lipinski definition) is 1. The van der Waals surface area contributed by atoms with Gasteiger partial charge in [-0.25, -0.2) is 0 Å². The Kier molecular flexibility index (Phi) is 5.62. The first-order valence-electron chi connectivity index (χ1n) is 6.48. The van der Waals surface area contributed by atoms with Crippen LogP contribution in [0.15, 0.2) is 0 Å². The minimum Gasteiger partial charge on any atom is -0.383 e. The van der Waals surface area contributed by atoms with E-state index in [1.165, 1.54) is 38.6 Å². The van der Waals surface area contributed by atoms with E-state index in [9.17, 15) is 0 Å². The zero-order chi connectivity index (χ0) is 11.1. The van der Waals surface area contributed by atoms with Crippen LogP contribution < -0.4 is 5.32 Å². The standard InChI is InChI=1S/C13H27NO/c1-4-6-7-13(5-2)10-12(13)11-14-8-9-15-3/h12,14H,4-11H2,1-3H3. The first kappa shape index (κ1) is 13.0. The molecule has 0 bridgehead atoms. The fourth-order valence-electron chi connectivity index (χ4n) is 2.62. The molecular formula is C13H27NO. The van der Waals surface area contributed by atoms with Gasteiger partial charge in [0.15, 0.2) is 0 Å². The molecule has 0 spiro atoms. The van der Waals surface area contributed by atoms with Crippen LogP contribution in [0.2, 0.25) is 0 Å². The van der Waals surface area contributed by atoms with Crippen LogP contribution in [-0.4, -0.2) is 26.8 Å². The van der Waals surface area contributed by atoms with E-state index in [1.807, 2.05) is 0 Å². The van der Waals surface area contributed by atoms with Crippen molar-refractivity contribution in [1.29, 1.82) is 0 Å². The molecule has 1 fully saturated rings. The lowest BCUT2D eigenvalue weighted by atomic mass is 9.93. The number of ether oxygens (including phenoxy) is 1. The molecule has 1 N–H and O–H groups in total. The fourth-order valence-corrected chi connectivity index (χ4v) is 2.62. The molecule has 1 aliphatic carbocycles.